The average molecular weight is 396 g/mol. The number of fused-ring (bicyclic) bond motifs is 1. The van der Waals surface area contributed by atoms with E-state index in [1.54, 1.807) is 34.3 Å². The second-order valence-electron chi connectivity index (χ2n) is 7.81. The molecule has 1 amide bonds. The highest BCUT2D eigenvalue weighted by molar-refractivity contribution is 7.89. The molecule has 0 aliphatic carbocycles. The first-order valence-corrected chi connectivity index (χ1v) is 10.9. The standard InChI is InChI=1S/C19H29N3O4S/c1-13-9-17-10-18(5-6-19(17)22(13)16(4)24)27(25,26)21-8-7-20(11-14(21)2)12-15(3)23/h5-6,10,13-15,23H,7-9,11-12H2,1-4H3/t13-,14+,15-/m0/s1. The number of hydrogen-bond acceptors (Lipinski definition) is 5. The predicted octanol–water partition coefficient (Wildman–Crippen LogP) is 1.06. The summed E-state index contributed by atoms with van der Waals surface area (Å²) in [6.07, 6.45) is 0.235. The van der Waals surface area contributed by atoms with Crippen LogP contribution in [0, 0.1) is 0 Å². The Hall–Kier alpha value is -1.48. The van der Waals surface area contributed by atoms with E-state index in [-0.39, 0.29) is 22.9 Å². The minimum atomic E-state index is -3.60. The molecule has 0 unspecified atom stereocenters. The number of aliphatic hydroxyl groups excluding tert-OH is 1. The van der Waals surface area contributed by atoms with Gasteiger partial charge in [-0.25, -0.2) is 8.42 Å². The molecule has 1 aromatic carbocycles. The van der Waals surface area contributed by atoms with Gasteiger partial charge in [-0.15, -0.1) is 0 Å². The number of nitrogens with zero attached hydrogens (tertiary/aromatic N) is 3. The van der Waals surface area contributed by atoms with Crippen molar-refractivity contribution in [1.82, 2.24) is 9.21 Å². The van der Waals surface area contributed by atoms with Crippen molar-refractivity contribution < 1.29 is 18.3 Å². The highest BCUT2D eigenvalue weighted by Crippen LogP contribution is 2.35. The first-order valence-electron chi connectivity index (χ1n) is 9.46. The van der Waals surface area contributed by atoms with Gasteiger partial charge in [0.25, 0.3) is 0 Å². The molecule has 0 radical (unpaired) electrons. The quantitative estimate of drug-likeness (QED) is 0.825. The topological polar surface area (TPSA) is 81.2 Å². The summed E-state index contributed by atoms with van der Waals surface area (Å²) in [5.74, 6) is -0.0280. The molecule has 0 bridgehead atoms. The van der Waals surface area contributed by atoms with Crippen LogP contribution in [-0.4, -0.2) is 73.0 Å². The highest BCUT2D eigenvalue weighted by atomic mass is 32.2. The maximum atomic E-state index is 13.2. The predicted molar refractivity (Wildman–Crippen MR) is 104 cm³/mol. The summed E-state index contributed by atoms with van der Waals surface area (Å²) < 4.78 is 28.0. The van der Waals surface area contributed by atoms with E-state index in [0.29, 0.717) is 32.6 Å². The van der Waals surface area contributed by atoms with Crippen LogP contribution in [-0.2, 0) is 21.2 Å². The zero-order valence-corrected chi connectivity index (χ0v) is 17.2. The molecule has 0 aromatic heterocycles. The van der Waals surface area contributed by atoms with Crippen molar-refractivity contribution in [3.63, 3.8) is 0 Å². The fourth-order valence-electron chi connectivity index (χ4n) is 4.30. The molecule has 2 heterocycles. The lowest BCUT2D eigenvalue weighted by Gasteiger charge is -2.39. The third-order valence-electron chi connectivity index (χ3n) is 5.39. The largest absolute Gasteiger partial charge is 0.392 e. The molecule has 1 saturated heterocycles. The van der Waals surface area contributed by atoms with Crippen molar-refractivity contribution >= 4 is 21.6 Å². The van der Waals surface area contributed by atoms with Gasteiger partial charge in [-0.3, -0.25) is 9.69 Å². The lowest BCUT2D eigenvalue weighted by atomic mass is 10.1. The van der Waals surface area contributed by atoms with E-state index in [9.17, 15) is 18.3 Å². The second kappa shape index (κ2) is 7.50. The number of anilines is 1. The minimum Gasteiger partial charge on any atom is -0.392 e. The molecule has 1 fully saturated rings. The molecular weight excluding hydrogens is 366 g/mol. The summed E-state index contributed by atoms with van der Waals surface area (Å²) in [5.41, 5.74) is 1.71. The number of amides is 1. The molecule has 3 atom stereocenters. The Morgan fingerprint density at radius 1 is 1.26 bits per heavy atom. The summed E-state index contributed by atoms with van der Waals surface area (Å²) in [5, 5.41) is 9.56. The summed E-state index contributed by atoms with van der Waals surface area (Å²) in [6.45, 7) is 9.31. The van der Waals surface area contributed by atoms with E-state index in [1.165, 1.54) is 6.92 Å². The van der Waals surface area contributed by atoms with Crippen LogP contribution in [0.2, 0.25) is 0 Å². The van der Waals surface area contributed by atoms with Crippen molar-refractivity contribution in [1.29, 1.82) is 0 Å². The van der Waals surface area contributed by atoms with Crippen LogP contribution < -0.4 is 4.90 Å². The Morgan fingerprint density at radius 3 is 2.56 bits per heavy atom. The molecule has 0 saturated carbocycles. The number of β-amino-alcohol motifs (C(OH)–C–C–N with tert-alkyl or cyclic N) is 1. The van der Waals surface area contributed by atoms with Gasteiger partial charge >= 0.3 is 0 Å². The number of carbonyl (C=O) groups is 1. The van der Waals surface area contributed by atoms with Gasteiger partial charge in [0, 0.05) is 50.9 Å². The van der Waals surface area contributed by atoms with Crippen molar-refractivity contribution in [3.8, 4) is 0 Å². The van der Waals surface area contributed by atoms with Gasteiger partial charge in [0.2, 0.25) is 15.9 Å². The van der Waals surface area contributed by atoms with Gasteiger partial charge in [-0.2, -0.15) is 4.31 Å². The summed E-state index contributed by atoms with van der Waals surface area (Å²) >= 11 is 0. The number of benzene rings is 1. The molecule has 2 aliphatic rings. The van der Waals surface area contributed by atoms with Crippen LogP contribution in [0.25, 0.3) is 0 Å². The third kappa shape index (κ3) is 3.89. The second-order valence-corrected chi connectivity index (χ2v) is 9.70. The molecule has 150 valence electrons. The zero-order valence-electron chi connectivity index (χ0n) is 16.4. The van der Waals surface area contributed by atoms with Crippen LogP contribution in [0.15, 0.2) is 23.1 Å². The molecule has 0 spiro atoms. The van der Waals surface area contributed by atoms with Crippen molar-refractivity contribution in [3.05, 3.63) is 23.8 Å². The van der Waals surface area contributed by atoms with Crippen molar-refractivity contribution in [2.75, 3.05) is 31.1 Å². The smallest absolute Gasteiger partial charge is 0.243 e. The van der Waals surface area contributed by atoms with E-state index >= 15 is 0 Å². The average Bonchev–Trinajstić information content (AvgIpc) is 2.88. The summed E-state index contributed by atoms with van der Waals surface area (Å²) in [7, 11) is -3.60. The number of carbonyl (C=O) groups excluding carboxylic acids is 1. The number of piperazine rings is 1. The molecule has 3 rings (SSSR count). The van der Waals surface area contributed by atoms with Crippen LogP contribution in [0.4, 0.5) is 5.69 Å². The maximum Gasteiger partial charge on any atom is 0.243 e. The van der Waals surface area contributed by atoms with Gasteiger partial charge in [0.05, 0.1) is 11.0 Å². The first kappa shape index (κ1) is 20.3. The van der Waals surface area contributed by atoms with Crippen LogP contribution in [0.3, 0.4) is 0 Å². The Bertz CT molecular complexity index is 824. The SMILES string of the molecule is CC(=O)N1c2ccc(S(=O)(=O)N3CCN(C[C@H](C)O)C[C@H]3C)cc2C[C@@H]1C. The minimum absolute atomic E-state index is 0.0280. The summed E-state index contributed by atoms with van der Waals surface area (Å²) in [6, 6.07) is 4.96. The van der Waals surface area contributed by atoms with Gasteiger partial charge in [0.15, 0.2) is 0 Å². The van der Waals surface area contributed by atoms with Crippen molar-refractivity contribution in [2.24, 2.45) is 0 Å². The van der Waals surface area contributed by atoms with Crippen LogP contribution in [0.5, 0.6) is 0 Å². The Morgan fingerprint density at radius 2 is 1.96 bits per heavy atom. The zero-order chi connectivity index (χ0) is 19.9. The normalized spacial score (nSPS) is 25.4. The fourth-order valence-corrected chi connectivity index (χ4v) is 5.96. The molecule has 1 aromatic rings. The highest BCUT2D eigenvalue weighted by Gasteiger charge is 2.36. The maximum absolute atomic E-state index is 13.2. The third-order valence-corrected chi connectivity index (χ3v) is 7.40. The Balaban J connectivity index is 1.83. The van der Waals surface area contributed by atoms with Crippen molar-refractivity contribution in [2.45, 2.75) is 57.2 Å². The number of sulfonamides is 1. The van der Waals surface area contributed by atoms with Gasteiger partial charge in [-0.1, -0.05) is 0 Å². The monoisotopic (exact) mass is 395 g/mol. The lowest BCUT2D eigenvalue weighted by molar-refractivity contribution is -0.116. The number of rotatable bonds is 4. The first-order chi connectivity index (χ1) is 12.6. The number of hydrogen-bond donors (Lipinski definition) is 1. The lowest BCUT2D eigenvalue weighted by Crippen LogP contribution is -2.54. The Kier molecular flexibility index (Phi) is 5.63. The van der Waals surface area contributed by atoms with E-state index in [1.807, 2.05) is 13.8 Å². The van der Waals surface area contributed by atoms with Crippen LogP contribution >= 0.6 is 0 Å². The molecule has 1 N–H and O–H groups in total. The Labute approximate surface area is 161 Å². The molecule has 8 heteroatoms. The van der Waals surface area contributed by atoms with E-state index in [2.05, 4.69) is 4.90 Å². The van der Waals surface area contributed by atoms with Gasteiger partial charge in [0.1, 0.15) is 0 Å². The van der Waals surface area contributed by atoms with E-state index in [0.717, 1.165) is 11.3 Å². The van der Waals surface area contributed by atoms with Gasteiger partial charge < -0.3 is 10.0 Å². The van der Waals surface area contributed by atoms with Crippen LogP contribution in [0.1, 0.15) is 33.3 Å². The number of aliphatic hydroxyl groups is 1. The molecular formula is C19H29N3O4S. The van der Waals surface area contributed by atoms with Gasteiger partial charge in [-0.05, 0) is 51.0 Å². The molecule has 27 heavy (non-hydrogen) atoms. The summed E-state index contributed by atoms with van der Waals surface area (Å²) in [4.78, 5) is 16.0. The van der Waals surface area contributed by atoms with E-state index in [4.69, 9.17) is 0 Å². The molecule has 7 nitrogen and oxygen atoms in total. The fraction of sp³-hybridized carbons (Fsp3) is 0.632. The molecule has 2 aliphatic heterocycles. The van der Waals surface area contributed by atoms with E-state index < -0.39 is 16.1 Å².